The number of rotatable bonds is 7. The van der Waals surface area contributed by atoms with Gasteiger partial charge in [0.15, 0.2) is 0 Å². The molecule has 2 heterocycles. The third kappa shape index (κ3) is 6.13. The van der Waals surface area contributed by atoms with E-state index < -0.39 is 41.7 Å². The average Bonchev–Trinajstić information content (AvgIpc) is 3.39. The Hall–Kier alpha value is -2.65. The first-order chi connectivity index (χ1) is 16.4. The molecule has 0 saturated carbocycles. The SMILES string of the molecule is CCO[C@@H]1OC(=O)C[C@H]1NC(=O)[C@@H]1CCCN1C(=O)[C@@H](NC(=O)c1cccc(C)c1Cl)C(C)(C)C. The highest BCUT2D eigenvalue weighted by Gasteiger charge is 2.44. The normalized spacial score (nSPS) is 23.1. The van der Waals surface area contributed by atoms with Crippen molar-refractivity contribution in [3.05, 3.63) is 34.3 Å². The zero-order valence-corrected chi connectivity index (χ0v) is 21.6. The molecule has 0 unspecified atom stereocenters. The van der Waals surface area contributed by atoms with Crippen LogP contribution in [-0.2, 0) is 23.9 Å². The van der Waals surface area contributed by atoms with E-state index >= 15 is 0 Å². The first kappa shape index (κ1) is 26.9. The minimum Gasteiger partial charge on any atom is -0.433 e. The van der Waals surface area contributed by atoms with Gasteiger partial charge in [-0.1, -0.05) is 44.5 Å². The average molecular weight is 508 g/mol. The summed E-state index contributed by atoms with van der Waals surface area (Å²) in [7, 11) is 0. The highest BCUT2D eigenvalue weighted by molar-refractivity contribution is 6.34. The van der Waals surface area contributed by atoms with Crippen molar-refractivity contribution in [3.63, 3.8) is 0 Å². The van der Waals surface area contributed by atoms with E-state index in [0.717, 1.165) is 5.56 Å². The summed E-state index contributed by atoms with van der Waals surface area (Å²) in [6, 6.07) is 2.93. The van der Waals surface area contributed by atoms with E-state index in [4.69, 9.17) is 21.1 Å². The van der Waals surface area contributed by atoms with E-state index in [1.165, 1.54) is 4.90 Å². The van der Waals surface area contributed by atoms with Gasteiger partial charge in [0.1, 0.15) is 18.1 Å². The third-order valence-corrected chi connectivity index (χ3v) is 6.79. The van der Waals surface area contributed by atoms with Gasteiger partial charge in [-0.3, -0.25) is 19.2 Å². The molecule has 2 aliphatic heterocycles. The molecule has 1 aromatic carbocycles. The van der Waals surface area contributed by atoms with Gasteiger partial charge in [0.2, 0.25) is 18.1 Å². The predicted octanol–water partition coefficient (Wildman–Crippen LogP) is 2.58. The summed E-state index contributed by atoms with van der Waals surface area (Å²) >= 11 is 6.33. The van der Waals surface area contributed by atoms with Gasteiger partial charge in [-0.15, -0.1) is 0 Å². The summed E-state index contributed by atoms with van der Waals surface area (Å²) in [5.74, 6) is -1.61. The van der Waals surface area contributed by atoms with Crippen molar-refractivity contribution < 1.29 is 28.7 Å². The number of halogens is 1. The van der Waals surface area contributed by atoms with E-state index in [9.17, 15) is 19.2 Å². The molecule has 0 radical (unpaired) electrons. The van der Waals surface area contributed by atoms with Crippen molar-refractivity contribution in [1.29, 1.82) is 0 Å². The summed E-state index contributed by atoms with van der Waals surface area (Å²) in [5, 5.41) is 6.00. The van der Waals surface area contributed by atoms with Crippen molar-refractivity contribution in [2.45, 2.75) is 78.3 Å². The smallest absolute Gasteiger partial charge is 0.310 e. The molecular formula is C25H34ClN3O6. The van der Waals surface area contributed by atoms with Gasteiger partial charge >= 0.3 is 5.97 Å². The summed E-state index contributed by atoms with van der Waals surface area (Å²) < 4.78 is 10.5. The van der Waals surface area contributed by atoms with Crippen LogP contribution in [0.1, 0.15) is 62.9 Å². The number of cyclic esters (lactones) is 1. The lowest BCUT2D eigenvalue weighted by Crippen LogP contribution is -2.58. The number of nitrogens with one attached hydrogen (secondary N) is 2. The lowest BCUT2D eigenvalue weighted by Gasteiger charge is -2.35. The van der Waals surface area contributed by atoms with E-state index in [0.29, 0.717) is 31.0 Å². The van der Waals surface area contributed by atoms with Gasteiger partial charge in [0, 0.05) is 13.2 Å². The maximum absolute atomic E-state index is 13.7. The zero-order valence-electron chi connectivity index (χ0n) is 20.9. The van der Waals surface area contributed by atoms with Crippen LogP contribution >= 0.6 is 11.6 Å². The number of hydrogen-bond donors (Lipinski definition) is 2. The number of esters is 1. The Labute approximate surface area is 210 Å². The second kappa shape index (κ2) is 11.0. The monoisotopic (exact) mass is 507 g/mol. The summed E-state index contributed by atoms with van der Waals surface area (Å²) in [4.78, 5) is 53.1. The zero-order chi connectivity index (χ0) is 25.9. The highest BCUT2D eigenvalue weighted by atomic mass is 35.5. The molecule has 3 rings (SSSR count). The van der Waals surface area contributed by atoms with Crippen molar-refractivity contribution in [2.75, 3.05) is 13.2 Å². The van der Waals surface area contributed by atoms with Gasteiger partial charge in [-0.25, -0.2) is 0 Å². The minimum absolute atomic E-state index is 0.00893. The number of carbonyl (C=O) groups excluding carboxylic acids is 4. The van der Waals surface area contributed by atoms with E-state index in [1.807, 2.05) is 20.8 Å². The molecule has 35 heavy (non-hydrogen) atoms. The molecule has 2 N–H and O–H groups in total. The van der Waals surface area contributed by atoms with Crippen LogP contribution in [0.15, 0.2) is 18.2 Å². The van der Waals surface area contributed by atoms with Crippen LogP contribution in [-0.4, -0.2) is 66.2 Å². The topological polar surface area (TPSA) is 114 Å². The quantitative estimate of drug-likeness (QED) is 0.548. The van der Waals surface area contributed by atoms with Gasteiger partial charge < -0.3 is 25.0 Å². The number of amides is 3. The standard InChI is InChI=1S/C25H34ClN3O6/c1-6-34-24-16(13-18(30)35-24)27-22(32)17-11-8-12-29(17)23(33)20(25(3,4)5)28-21(31)15-10-7-9-14(2)19(15)26/h7,9-10,16-17,20,24H,6,8,11-13H2,1-5H3,(H,27,32)(H,28,31)/t16-,17+,20-,24-/m1/s1. The molecule has 2 aliphatic rings. The van der Waals surface area contributed by atoms with Gasteiger partial charge in [0.25, 0.3) is 5.91 Å². The summed E-state index contributed by atoms with van der Waals surface area (Å²) in [6.45, 7) is 9.86. The number of ether oxygens (including phenoxy) is 2. The van der Waals surface area contributed by atoms with Gasteiger partial charge in [-0.05, 0) is 43.7 Å². The van der Waals surface area contributed by atoms with Crippen molar-refractivity contribution >= 4 is 35.3 Å². The third-order valence-electron chi connectivity index (χ3n) is 6.28. The number of aryl methyl sites for hydroxylation is 1. The van der Waals surface area contributed by atoms with Crippen LogP contribution < -0.4 is 10.6 Å². The van der Waals surface area contributed by atoms with E-state index in [1.54, 1.807) is 32.0 Å². The molecule has 0 aliphatic carbocycles. The molecule has 0 bridgehead atoms. The lowest BCUT2D eigenvalue weighted by atomic mass is 9.85. The largest absolute Gasteiger partial charge is 0.433 e. The second-order valence-corrected chi connectivity index (χ2v) is 10.4. The van der Waals surface area contributed by atoms with E-state index in [2.05, 4.69) is 10.6 Å². The Kier molecular flexibility index (Phi) is 8.43. The fraction of sp³-hybridized carbons (Fsp3) is 0.600. The molecule has 3 amide bonds. The minimum atomic E-state index is -0.882. The molecule has 1 aromatic rings. The highest BCUT2D eigenvalue weighted by Crippen LogP contribution is 2.28. The van der Waals surface area contributed by atoms with Crippen LogP contribution in [0.2, 0.25) is 5.02 Å². The van der Waals surface area contributed by atoms with Crippen molar-refractivity contribution in [3.8, 4) is 0 Å². The molecule has 9 nitrogen and oxygen atoms in total. The maximum Gasteiger partial charge on any atom is 0.310 e. The Morgan fingerprint density at radius 3 is 2.66 bits per heavy atom. The Balaban J connectivity index is 1.76. The Bertz CT molecular complexity index is 992. The molecule has 192 valence electrons. The number of nitrogens with zero attached hydrogens (tertiary/aromatic N) is 1. The van der Waals surface area contributed by atoms with Crippen LogP contribution in [0.4, 0.5) is 0 Å². The van der Waals surface area contributed by atoms with E-state index in [-0.39, 0.29) is 23.8 Å². The van der Waals surface area contributed by atoms with Crippen LogP contribution in [0, 0.1) is 12.3 Å². The number of benzene rings is 1. The van der Waals surface area contributed by atoms with Crippen molar-refractivity contribution in [2.24, 2.45) is 5.41 Å². The molecule has 0 spiro atoms. The summed E-state index contributed by atoms with van der Waals surface area (Å²) in [5.41, 5.74) is 0.421. The number of likely N-dealkylation sites (tertiary alicyclic amines) is 1. The van der Waals surface area contributed by atoms with Crippen LogP contribution in [0.25, 0.3) is 0 Å². The van der Waals surface area contributed by atoms with Crippen molar-refractivity contribution in [1.82, 2.24) is 15.5 Å². The van der Waals surface area contributed by atoms with Crippen LogP contribution in [0.3, 0.4) is 0 Å². The fourth-order valence-corrected chi connectivity index (χ4v) is 4.61. The first-order valence-corrected chi connectivity index (χ1v) is 12.3. The first-order valence-electron chi connectivity index (χ1n) is 11.9. The van der Waals surface area contributed by atoms with Gasteiger partial charge in [-0.2, -0.15) is 0 Å². The molecule has 10 heteroatoms. The second-order valence-electron chi connectivity index (χ2n) is 10.0. The molecule has 2 fully saturated rings. The predicted molar refractivity (Wildman–Crippen MR) is 130 cm³/mol. The van der Waals surface area contributed by atoms with Crippen LogP contribution in [0.5, 0.6) is 0 Å². The molecule has 2 saturated heterocycles. The Morgan fingerprint density at radius 2 is 2.00 bits per heavy atom. The molecule has 4 atom stereocenters. The summed E-state index contributed by atoms with van der Waals surface area (Å²) in [6.07, 6.45) is 0.289. The number of carbonyl (C=O) groups is 4. The molecular weight excluding hydrogens is 474 g/mol. The Morgan fingerprint density at radius 1 is 1.29 bits per heavy atom. The van der Waals surface area contributed by atoms with Gasteiger partial charge in [0.05, 0.1) is 17.0 Å². The molecule has 0 aromatic heterocycles. The fourth-order valence-electron chi connectivity index (χ4n) is 4.40. The number of hydrogen-bond acceptors (Lipinski definition) is 6. The maximum atomic E-state index is 13.7. The lowest BCUT2D eigenvalue weighted by molar-refractivity contribution is -0.164.